The maximum absolute atomic E-state index is 11.1. The fourth-order valence-electron chi connectivity index (χ4n) is 1.58. The molecule has 0 radical (unpaired) electrons. The lowest BCUT2D eigenvalue weighted by atomic mass is 10.1. The molecule has 1 fully saturated rings. The van der Waals surface area contributed by atoms with Gasteiger partial charge in [0.25, 0.3) is 0 Å². The molecular formula is C13H12O3. The second-order valence-corrected chi connectivity index (χ2v) is 3.76. The van der Waals surface area contributed by atoms with E-state index in [2.05, 4.69) is 0 Å². The van der Waals surface area contributed by atoms with Crippen LogP contribution in [-0.4, -0.2) is 11.8 Å². The molecule has 0 unspecified atom stereocenters. The Kier molecular flexibility index (Phi) is 2.86. The molecule has 0 saturated carbocycles. The van der Waals surface area contributed by atoms with Gasteiger partial charge in [-0.25, -0.2) is 0 Å². The number of carbonyl (C=O) groups is 2. The van der Waals surface area contributed by atoms with Gasteiger partial charge in [-0.1, -0.05) is 24.3 Å². The maximum atomic E-state index is 11.1. The number of Topliss-reactive ketones (excluding diaryl/α,β-unsaturated/α-hetero) is 1. The van der Waals surface area contributed by atoms with Gasteiger partial charge in [-0.15, -0.1) is 0 Å². The molecule has 1 aromatic rings. The maximum Gasteiger partial charge on any atom is 0.311 e. The lowest BCUT2D eigenvalue weighted by Crippen LogP contribution is -1.91. The molecule has 3 nitrogen and oxygen atoms in total. The van der Waals surface area contributed by atoms with E-state index in [1.807, 2.05) is 18.2 Å². The zero-order valence-corrected chi connectivity index (χ0v) is 9.03. The third-order valence-electron chi connectivity index (χ3n) is 2.47. The highest BCUT2D eigenvalue weighted by atomic mass is 16.5. The predicted octanol–water partition coefficient (Wildman–Crippen LogP) is 2.57. The van der Waals surface area contributed by atoms with Gasteiger partial charge in [0, 0.05) is 12.0 Å². The normalized spacial score (nSPS) is 17.6. The number of ether oxygens (including phenoxy) is 1. The number of hydrogen-bond donors (Lipinski definition) is 0. The first-order valence-electron chi connectivity index (χ1n) is 5.17. The topological polar surface area (TPSA) is 43.4 Å². The van der Waals surface area contributed by atoms with Crippen LogP contribution in [0.2, 0.25) is 0 Å². The van der Waals surface area contributed by atoms with Crippen LogP contribution in [0, 0.1) is 0 Å². The number of esters is 1. The van der Waals surface area contributed by atoms with Gasteiger partial charge >= 0.3 is 5.97 Å². The molecule has 82 valence electrons. The van der Waals surface area contributed by atoms with Crippen molar-refractivity contribution in [1.82, 2.24) is 0 Å². The molecule has 0 N–H and O–H groups in total. The van der Waals surface area contributed by atoms with E-state index in [1.54, 1.807) is 12.1 Å². The summed E-state index contributed by atoms with van der Waals surface area (Å²) in [5.41, 5.74) is 1.63. The van der Waals surface area contributed by atoms with Gasteiger partial charge in [0.15, 0.2) is 5.78 Å². The molecule has 0 aliphatic carbocycles. The quantitative estimate of drug-likeness (QED) is 0.563. The summed E-state index contributed by atoms with van der Waals surface area (Å²) in [5, 5.41) is 0. The van der Waals surface area contributed by atoms with Crippen LogP contribution < -0.4 is 0 Å². The highest BCUT2D eigenvalue weighted by molar-refractivity contribution is 5.94. The van der Waals surface area contributed by atoms with Gasteiger partial charge in [-0.3, -0.25) is 9.59 Å². The fourth-order valence-corrected chi connectivity index (χ4v) is 1.58. The van der Waals surface area contributed by atoms with E-state index in [0.717, 1.165) is 5.56 Å². The molecule has 0 atom stereocenters. The van der Waals surface area contributed by atoms with Crippen molar-refractivity contribution in [2.45, 2.75) is 19.8 Å². The van der Waals surface area contributed by atoms with Crippen molar-refractivity contribution in [3.05, 3.63) is 41.2 Å². The molecule has 1 heterocycles. The van der Waals surface area contributed by atoms with Gasteiger partial charge in [0.1, 0.15) is 5.76 Å². The molecule has 16 heavy (non-hydrogen) atoms. The Labute approximate surface area is 93.7 Å². The van der Waals surface area contributed by atoms with Crippen LogP contribution in [0.15, 0.2) is 30.0 Å². The van der Waals surface area contributed by atoms with Gasteiger partial charge in [0.05, 0.1) is 6.42 Å². The first-order chi connectivity index (χ1) is 7.65. The smallest absolute Gasteiger partial charge is 0.311 e. The number of cyclic esters (lactones) is 1. The summed E-state index contributed by atoms with van der Waals surface area (Å²) in [5.74, 6) is 0.568. The summed E-state index contributed by atoms with van der Waals surface area (Å²) in [6, 6.07) is 7.22. The van der Waals surface area contributed by atoms with Gasteiger partial charge in [0.2, 0.25) is 0 Å². The minimum atomic E-state index is -0.174. The van der Waals surface area contributed by atoms with Crippen molar-refractivity contribution < 1.29 is 14.3 Å². The molecule has 0 spiro atoms. The molecule has 3 heteroatoms. The Morgan fingerprint density at radius 2 is 1.94 bits per heavy atom. The lowest BCUT2D eigenvalue weighted by Gasteiger charge is -1.99. The van der Waals surface area contributed by atoms with E-state index < -0.39 is 0 Å². The number of ketones is 1. The number of benzene rings is 1. The third kappa shape index (κ3) is 2.37. The van der Waals surface area contributed by atoms with Crippen LogP contribution >= 0.6 is 0 Å². The van der Waals surface area contributed by atoms with E-state index in [0.29, 0.717) is 24.2 Å². The fraction of sp³-hybridized carbons (Fsp3) is 0.231. The van der Waals surface area contributed by atoms with Crippen molar-refractivity contribution in [3.8, 4) is 0 Å². The second kappa shape index (κ2) is 4.31. The lowest BCUT2D eigenvalue weighted by molar-refractivity contribution is -0.135. The van der Waals surface area contributed by atoms with Crippen LogP contribution in [0.4, 0.5) is 0 Å². The number of rotatable bonds is 2. The highest BCUT2D eigenvalue weighted by Crippen LogP contribution is 2.20. The average Bonchev–Trinajstić information content (AvgIpc) is 2.65. The number of hydrogen-bond acceptors (Lipinski definition) is 3. The summed E-state index contributed by atoms with van der Waals surface area (Å²) in [7, 11) is 0. The largest absolute Gasteiger partial charge is 0.431 e. The van der Waals surface area contributed by atoms with E-state index in [-0.39, 0.29) is 11.8 Å². The molecule has 2 rings (SSSR count). The molecule has 1 aliphatic rings. The SMILES string of the molecule is CC(=O)c1ccc(/C=C2\CCC(=O)O2)cc1. The monoisotopic (exact) mass is 216 g/mol. The molecule has 0 bridgehead atoms. The van der Waals surface area contributed by atoms with E-state index >= 15 is 0 Å². The Hall–Kier alpha value is -1.90. The van der Waals surface area contributed by atoms with E-state index in [9.17, 15) is 9.59 Å². The second-order valence-electron chi connectivity index (χ2n) is 3.76. The van der Waals surface area contributed by atoms with Crippen molar-refractivity contribution >= 4 is 17.8 Å². The third-order valence-corrected chi connectivity index (χ3v) is 2.47. The molecule has 1 saturated heterocycles. The summed E-state index contributed by atoms with van der Waals surface area (Å²) in [4.78, 5) is 21.9. The summed E-state index contributed by atoms with van der Waals surface area (Å²) >= 11 is 0. The Morgan fingerprint density at radius 3 is 2.44 bits per heavy atom. The molecule has 1 aliphatic heterocycles. The first-order valence-corrected chi connectivity index (χ1v) is 5.17. The molecule has 1 aromatic carbocycles. The molecule has 0 aromatic heterocycles. The van der Waals surface area contributed by atoms with Crippen LogP contribution in [0.3, 0.4) is 0 Å². The van der Waals surface area contributed by atoms with Gasteiger partial charge in [-0.05, 0) is 18.6 Å². The van der Waals surface area contributed by atoms with Crippen molar-refractivity contribution in [1.29, 1.82) is 0 Å². The van der Waals surface area contributed by atoms with E-state index in [1.165, 1.54) is 6.92 Å². The average molecular weight is 216 g/mol. The molecule has 0 amide bonds. The van der Waals surface area contributed by atoms with Crippen molar-refractivity contribution in [2.75, 3.05) is 0 Å². The zero-order chi connectivity index (χ0) is 11.5. The summed E-state index contributed by atoms with van der Waals surface area (Å²) in [6.45, 7) is 1.53. The van der Waals surface area contributed by atoms with E-state index in [4.69, 9.17) is 4.74 Å². The minimum absolute atomic E-state index is 0.0477. The standard InChI is InChI=1S/C13H12O3/c1-9(14)11-4-2-10(3-5-11)8-12-6-7-13(15)16-12/h2-5,8H,6-7H2,1H3/b12-8+. The van der Waals surface area contributed by atoms with Gasteiger partial charge in [-0.2, -0.15) is 0 Å². The number of allylic oxidation sites excluding steroid dienone is 1. The Morgan fingerprint density at radius 1 is 1.25 bits per heavy atom. The first kappa shape index (κ1) is 10.6. The van der Waals surface area contributed by atoms with Gasteiger partial charge < -0.3 is 4.74 Å². The summed E-state index contributed by atoms with van der Waals surface area (Å²) in [6.07, 6.45) is 2.94. The van der Waals surface area contributed by atoms with Crippen LogP contribution in [0.5, 0.6) is 0 Å². The Bertz CT molecular complexity index is 455. The van der Waals surface area contributed by atoms with Crippen LogP contribution in [0.1, 0.15) is 35.7 Å². The molecular weight excluding hydrogens is 204 g/mol. The van der Waals surface area contributed by atoms with Crippen molar-refractivity contribution in [3.63, 3.8) is 0 Å². The number of carbonyl (C=O) groups excluding carboxylic acids is 2. The highest BCUT2D eigenvalue weighted by Gasteiger charge is 2.16. The van der Waals surface area contributed by atoms with Crippen LogP contribution in [0.25, 0.3) is 6.08 Å². The van der Waals surface area contributed by atoms with Crippen molar-refractivity contribution in [2.24, 2.45) is 0 Å². The van der Waals surface area contributed by atoms with Crippen LogP contribution in [-0.2, 0) is 9.53 Å². The Balaban J connectivity index is 2.16. The minimum Gasteiger partial charge on any atom is -0.431 e. The predicted molar refractivity (Wildman–Crippen MR) is 59.7 cm³/mol. The summed E-state index contributed by atoms with van der Waals surface area (Å²) < 4.78 is 5.00. The zero-order valence-electron chi connectivity index (χ0n) is 9.03.